The van der Waals surface area contributed by atoms with Crippen LogP contribution in [0.4, 0.5) is 17.6 Å². The third-order valence-electron chi connectivity index (χ3n) is 6.49. The summed E-state index contributed by atoms with van der Waals surface area (Å²) in [5, 5.41) is 0. The number of rotatable bonds is 3. The molecule has 1 atom stereocenters. The van der Waals surface area contributed by atoms with E-state index in [0.717, 1.165) is 12.1 Å². The summed E-state index contributed by atoms with van der Waals surface area (Å²) in [5.41, 5.74) is -1.02. The number of halogens is 4. The van der Waals surface area contributed by atoms with Gasteiger partial charge in [0.1, 0.15) is 5.82 Å². The molecular weight excluding hydrogens is 466 g/mol. The smallest absolute Gasteiger partial charge is 0.339 e. The lowest BCUT2D eigenvalue weighted by atomic mass is 9.95. The zero-order chi connectivity index (χ0) is 25.2. The molecule has 0 radical (unpaired) electrons. The summed E-state index contributed by atoms with van der Waals surface area (Å²) < 4.78 is 53.1. The van der Waals surface area contributed by atoms with Gasteiger partial charge in [0.2, 0.25) is 5.91 Å². The van der Waals surface area contributed by atoms with Crippen molar-refractivity contribution in [2.75, 3.05) is 39.3 Å². The van der Waals surface area contributed by atoms with Crippen molar-refractivity contribution in [3.8, 4) is 0 Å². The summed E-state index contributed by atoms with van der Waals surface area (Å²) in [6, 6.07) is 9.94. The van der Waals surface area contributed by atoms with Crippen LogP contribution in [-0.2, 0) is 11.0 Å². The number of nitrogens with zero attached hydrogens (tertiary/aromatic N) is 3. The van der Waals surface area contributed by atoms with Crippen molar-refractivity contribution in [1.29, 1.82) is 0 Å². The molecule has 4 rings (SSSR count). The number of carbonyl (C=O) groups excluding carboxylic acids is 3. The molecule has 2 aliphatic rings. The summed E-state index contributed by atoms with van der Waals surface area (Å²) in [5.74, 6) is -1.95. The van der Waals surface area contributed by atoms with E-state index in [4.69, 9.17) is 0 Å². The van der Waals surface area contributed by atoms with Gasteiger partial charge in [0, 0.05) is 44.8 Å². The Bertz CT molecular complexity index is 1100. The molecule has 2 aromatic rings. The minimum Gasteiger partial charge on any atom is -0.339 e. The molecule has 1 unspecified atom stereocenters. The second-order valence-corrected chi connectivity index (χ2v) is 8.76. The molecular formula is C25H25F4N3O3. The van der Waals surface area contributed by atoms with Crippen LogP contribution in [0.3, 0.4) is 0 Å². The molecule has 0 N–H and O–H groups in total. The molecule has 0 bridgehead atoms. The van der Waals surface area contributed by atoms with Crippen molar-refractivity contribution >= 4 is 17.7 Å². The third-order valence-corrected chi connectivity index (χ3v) is 6.49. The molecule has 2 fully saturated rings. The molecule has 2 aromatic carbocycles. The Morgan fingerprint density at radius 3 is 2.06 bits per heavy atom. The predicted octanol–water partition coefficient (Wildman–Crippen LogP) is 3.68. The van der Waals surface area contributed by atoms with Crippen LogP contribution >= 0.6 is 0 Å². The van der Waals surface area contributed by atoms with Crippen molar-refractivity contribution in [1.82, 2.24) is 14.7 Å². The highest BCUT2D eigenvalue weighted by Gasteiger charge is 2.37. The fourth-order valence-electron chi connectivity index (χ4n) is 4.61. The predicted molar refractivity (Wildman–Crippen MR) is 119 cm³/mol. The van der Waals surface area contributed by atoms with Gasteiger partial charge in [-0.3, -0.25) is 14.4 Å². The topological polar surface area (TPSA) is 60.9 Å². The van der Waals surface area contributed by atoms with Gasteiger partial charge in [0.15, 0.2) is 0 Å². The summed E-state index contributed by atoms with van der Waals surface area (Å²) in [4.78, 5) is 43.2. The number of amides is 3. The maximum Gasteiger partial charge on any atom is 0.417 e. The van der Waals surface area contributed by atoms with Gasteiger partial charge < -0.3 is 14.7 Å². The second kappa shape index (κ2) is 10.1. The Morgan fingerprint density at radius 2 is 1.40 bits per heavy atom. The molecule has 35 heavy (non-hydrogen) atoms. The zero-order valence-corrected chi connectivity index (χ0v) is 18.9. The van der Waals surface area contributed by atoms with Crippen molar-refractivity contribution in [2.45, 2.75) is 19.0 Å². The first-order valence-corrected chi connectivity index (χ1v) is 11.4. The highest BCUT2D eigenvalue weighted by molar-refractivity contribution is 5.96. The minimum absolute atomic E-state index is 0.127. The number of hydrogen-bond donors (Lipinski definition) is 0. The molecule has 2 heterocycles. The number of piperidine rings is 1. The summed E-state index contributed by atoms with van der Waals surface area (Å²) in [6.45, 7) is 1.42. The summed E-state index contributed by atoms with van der Waals surface area (Å²) in [7, 11) is 0. The number of hydrogen-bond acceptors (Lipinski definition) is 3. The fourth-order valence-corrected chi connectivity index (χ4v) is 4.61. The molecule has 0 aromatic heterocycles. The lowest BCUT2D eigenvalue weighted by Gasteiger charge is -2.39. The first-order valence-electron chi connectivity index (χ1n) is 11.4. The molecule has 2 aliphatic heterocycles. The van der Waals surface area contributed by atoms with Crippen molar-refractivity contribution in [3.63, 3.8) is 0 Å². The SMILES string of the molecule is O=C(c1ccc(F)cc1)N1CCCC(C(=O)N2CCN(C(=O)c3ccccc3C(F)(F)F)CC2)C1. The second-order valence-electron chi connectivity index (χ2n) is 8.76. The third kappa shape index (κ3) is 5.47. The van der Waals surface area contributed by atoms with Crippen LogP contribution in [0.25, 0.3) is 0 Å². The average Bonchev–Trinajstić information content (AvgIpc) is 2.87. The highest BCUT2D eigenvalue weighted by atomic mass is 19.4. The first kappa shape index (κ1) is 24.7. The molecule has 0 aliphatic carbocycles. The molecule has 0 spiro atoms. The molecule has 186 valence electrons. The Morgan fingerprint density at radius 1 is 0.771 bits per heavy atom. The van der Waals surface area contributed by atoms with E-state index in [1.165, 1.54) is 41.3 Å². The van der Waals surface area contributed by atoms with Gasteiger partial charge in [-0.05, 0) is 49.2 Å². The monoisotopic (exact) mass is 491 g/mol. The maximum atomic E-state index is 13.3. The summed E-state index contributed by atoms with van der Waals surface area (Å²) >= 11 is 0. The van der Waals surface area contributed by atoms with E-state index in [0.29, 0.717) is 24.9 Å². The van der Waals surface area contributed by atoms with Gasteiger partial charge >= 0.3 is 6.18 Å². The van der Waals surface area contributed by atoms with Crippen LogP contribution in [0.1, 0.15) is 39.1 Å². The van der Waals surface area contributed by atoms with E-state index in [2.05, 4.69) is 0 Å². The summed E-state index contributed by atoms with van der Waals surface area (Å²) in [6.07, 6.45) is -3.37. The molecule has 3 amide bonds. The van der Waals surface area contributed by atoms with Crippen molar-refractivity contribution in [3.05, 3.63) is 71.0 Å². The van der Waals surface area contributed by atoms with Crippen molar-refractivity contribution in [2.24, 2.45) is 5.92 Å². The van der Waals surface area contributed by atoms with Gasteiger partial charge in [-0.1, -0.05) is 12.1 Å². The Labute approximate surface area is 200 Å². The van der Waals surface area contributed by atoms with Crippen molar-refractivity contribution < 1.29 is 31.9 Å². The highest BCUT2D eigenvalue weighted by Crippen LogP contribution is 2.32. The van der Waals surface area contributed by atoms with Crippen LogP contribution in [0.5, 0.6) is 0 Å². The van der Waals surface area contributed by atoms with E-state index < -0.39 is 34.9 Å². The normalized spacial score (nSPS) is 19.0. The van der Waals surface area contributed by atoms with Crippen LogP contribution in [0.2, 0.25) is 0 Å². The minimum atomic E-state index is -4.64. The van der Waals surface area contributed by atoms with E-state index in [1.54, 1.807) is 9.80 Å². The number of piperazine rings is 1. The van der Waals surface area contributed by atoms with Gasteiger partial charge in [0.25, 0.3) is 11.8 Å². The lowest BCUT2D eigenvalue weighted by Crippen LogP contribution is -2.54. The average molecular weight is 491 g/mol. The van der Waals surface area contributed by atoms with Gasteiger partial charge in [-0.25, -0.2) is 4.39 Å². The van der Waals surface area contributed by atoms with Gasteiger partial charge in [-0.2, -0.15) is 13.2 Å². The van der Waals surface area contributed by atoms with E-state index in [9.17, 15) is 31.9 Å². The van der Waals surface area contributed by atoms with Crippen LogP contribution in [0.15, 0.2) is 48.5 Å². The molecule has 10 heteroatoms. The standard InChI is InChI=1S/C25H25F4N3O3/c26-19-9-7-17(8-10-19)22(33)32-11-3-4-18(16-32)23(34)30-12-14-31(15-13-30)24(35)20-5-1-2-6-21(20)25(27,28)29/h1-2,5-10,18H,3-4,11-16H2. The molecule has 6 nitrogen and oxygen atoms in total. The van der Waals surface area contributed by atoms with Crippen LogP contribution in [-0.4, -0.2) is 71.7 Å². The van der Waals surface area contributed by atoms with Crippen LogP contribution in [0, 0.1) is 11.7 Å². The quantitative estimate of drug-likeness (QED) is 0.616. The number of likely N-dealkylation sites (tertiary alicyclic amines) is 1. The van der Waals surface area contributed by atoms with E-state index >= 15 is 0 Å². The Hall–Kier alpha value is -3.43. The van der Waals surface area contributed by atoms with Crippen LogP contribution < -0.4 is 0 Å². The first-order chi connectivity index (χ1) is 16.6. The Balaban J connectivity index is 1.36. The Kier molecular flexibility index (Phi) is 7.09. The lowest BCUT2D eigenvalue weighted by molar-refractivity contribution is -0.138. The van der Waals surface area contributed by atoms with Gasteiger partial charge in [-0.15, -0.1) is 0 Å². The van der Waals surface area contributed by atoms with E-state index in [-0.39, 0.29) is 44.5 Å². The molecule has 2 saturated heterocycles. The maximum absolute atomic E-state index is 13.3. The van der Waals surface area contributed by atoms with E-state index in [1.807, 2.05) is 0 Å². The fraction of sp³-hybridized carbons (Fsp3) is 0.400. The number of alkyl halides is 3. The number of benzene rings is 2. The zero-order valence-electron chi connectivity index (χ0n) is 18.9. The van der Waals surface area contributed by atoms with Gasteiger partial charge in [0.05, 0.1) is 17.0 Å². The number of carbonyl (C=O) groups is 3. The molecule has 0 saturated carbocycles. The largest absolute Gasteiger partial charge is 0.417 e.